The predicted octanol–water partition coefficient (Wildman–Crippen LogP) is 5.13. The lowest BCUT2D eigenvalue weighted by Crippen LogP contribution is -2.06. The van der Waals surface area contributed by atoms with Gasteiger partial charge < -0.3 is 24.3 Å². The van der Waals surface area contributed by atoms with Crippen LogP contribution in [-0.2, 0) is 20.0 Å². The van der Waals surface area contributed by atoms with Crippen molar-refractivity contribution < 1.29 is 18.9 Å². The zero-order chi connectivity index (χ0) is 26.4. The molecule has 4 aromatic rings. The molecule has 4 rings (SSSR count). The number of aromatic nitrogens is 4. The van der Waals surface area contributed by atoms with Crippen molar-refractivity contribution in [2.24, 2.45) is 7.05 Å². The summed E-state index contributed by atoms with van der Waals surface area (Å²) in [6, 6.07) is 11.7. The van der Waals surface area contributed by atoms with Gasteiger partial charge in [-0.15, -0.1) is 0 Å². The molecule has 2 heterocycles. The Labute approximate surface area is 217 Å². The van der Waals surface area contributed by atoms with E-state index in [1.165, 1.54) is 0 Å². The number of anilines is 1. The average Bonchev–Trinajstić information content (AvgIpc) is 3.25. The molecule has 0 bridgehead atoms. The van der Waals surface area contributed by atoms with E-state index in [0.717, 1.165) is 52.3 Å². The Balaban J connectivity index is 1.72. The van der Waals surface area contributed by atoms with Gasteiger partial charge >= 0.3 is 0 Å². The van der Waals surface area contributed by atoms with Crippen LogP contribution in [0.25, 0.3) is 23.2 Å². The summed E-state index contributed by atoms with van der Waals surface area (Å²) < 4.78 is 23.5. The highest BCUT2D eigenvalue weighted by atomic mass is 16.5. The van der Waals surface area contributed by atoms with E-state index in [0.29, 0.717) is 29.6 Å². The Kier molecular flexibility index (Phi) is 8.12. The van der Waals surface area contributed by atoms with Crippen LogP contribution in [0.1, 0.15) is 36.0 Å². The maximum atomic E-state index is 5.48. The van der Waals surface area contributed by atoms with Crippen LogP contribution >= 0.6 is 0 Å². The zero-order valence-electron chi connectivity index (χ0n) is 22.2. The molecule has 0 radical (unpaired) electrons. The van der Waals surface area contributed by atoms with E-state index >= 15 is 0 Å². The Morgan fingerprint density at radius 2 is 1.59 bits per heavy atom. The fourth-order valence-electron chi connectivity index (χ4n) is 4.16. The van der Waals surface area contributed by atoms with E-state index in [2.05, 4.69) is 12.2 Å². The maximum Gasteiger partial charge on any atom is 0.203 e. The molecule has 0 spiro atoms. The average molecular weight is 504 g/mol. The Bertz CT molecular complexity index is 1370. The molecule has 0 aliphatic heterocycles. The van der Waals surface area contributed by atoms with Crippen LogP contribution in [0.15, 0.2) is 36.4 Å². The lowest BCUT2D eigenvalue weighted by atomic mass is 10.1. The highest BCUT2D eigenvalue weighted by molar-refractivity contribution is 5.89. The number of nitrogens with zero attached hydrogens (tertiary/aromatic N) is 4. The second kappa shape index (κ2) is 11.6. The summed E-state index contributed by atoms with van der Waals surface area (Å²) >= 11 is 0. The third-order valence-corrected chi connectivity index (χ3v) is 5.99. The molecule has 0 amide bonds. The first-order valence-electron chi connectivity index (χ1n) is 12.1. The van der Waals surface area contributed by atoms with Crippen molar-refractivity contribution in [3.63, 3.8) is 0 Å². The molecule has 2 aromatic heterocycles. The second-order valence-corrected chi connectivity index (χ2v) is 8.44. The number of nitrogens with one attached hydrogen (secondary N) is 1. The molecule has 194 valence electrons. The largest absolute Gasteiger partial charge is 0.497 e. The van der Waals surface area contributed by atoms with Crippen molar-refractivity contribution in [3.8, 4) is 23.0 Å². The van der Waals surface area contributed by atoms with E-state index < -0.39 is 0 Å². The first-order valence-corrected chi connectivity index (χ1v) is 12.1. The zero-order valence-corrected chi connectivity index (χ0v) is 22.2. The lowest BCUT2D eigenvalue weighted by Gasteiger charge is -2.13. The van der Waals surface area contributed by atoms with Gasteiger partial charge in [-0.2, -0.15) is 5.10 Å². The normalized spacial score (nSPS) is 11.2. The van der Waals surface area contributed by atoms with Crippen LogP contribution in [0, 0.1) is 0 Å². The maximum absolute atomic E-state index is 5.48. The number of methoxy groups -OCH3 is 4. The van der Waals surface area contributed by atoms with Crippen molar-refractivity contribution in [2.45, 2.75) is 26.3 Å². The Morgan fingerprint density at radius 1 is 0.892 bits per heavy atom. The molecule has 1 N–H and O–H groups in total. The minimum atomic E-state index is 0.546. The number of aryl methyl sites for hydroxylation is 2. The molecule has 9 heteroatoms. The quantitative estimate of drug-likeness (QED) is 0.301. The van der Waals surface area contributed by atoms with Gasteiger partial charge in [-0.05, 0) is 47.9 Å². The van der Waals surface area contributed by atoms with Gasteiger partial charge in [0.1, 0.15) is 16.8 Å². The van der Waals surface area contributed by atoms with Crippen molar-refractivity contribution in [3.05, 3.63) is 59.0 Å². The summed E-state index contributed by atoms with van der Waals surface area (Å²) in [5.74, 6) is 3.83. The predicted molar refractivity (Wildman–Crippen MR) is 146 cm³/mol. The third kappa shape index (κ3) is 5.61. The Hall–Kier alpha value is -4.27. The van der Waals surface area contributed by atoms with Crippen LogP contribution in [0.3, 0.4) is 0 Å². The van der Waals surface area contributed by atoms with E-state index in [1.807, 2.05) is 60.3 Å². The van der Waals surface area contributed by atoms with E-state index in [-0.39, 0.29) is 0 Å². The standard InChI is InChI=1S/C28H33N5O4/c1-7-8-21-25-26(33(2)32-21)28(29-17-18-9-12-20(34-3)13-10-18)31-24(30-25)14-11-19-15-22(35-4)27(37-6)23(16-19)36-5/h9-16H,7-8,17H2,1-6H3,(H,29,30,31). The van der Waals surface area contributed by atoms with Crippen molar-refractivity contribution in [2.75, 3.05) is 33.8 Å². The monoisotopic (exact) mass is 503 g/mol. The highest BCUT2D eigenvalue weighted by Crippen LogP contribution is 2.38. The fourth-order valence-corrected chi connectivity index (χ4v) is 4.16. The van der Waals surface area contributed by atoms with Gasteiger partial charge in [-0.1, -0.05) is 31.6 Å². The second-order valence-electron chi connectivity index (χ2n) is 8.44. The van der Waals surface area contributed by atoms with Crippen LogP contribution in [0.5, 0.6) is 23.0 Å². The summed E-state index contributed by atoms with van der Waals surface area (Å²) in [5.41, 5.74) is 4.66. The Morgan fingerprint density at radius 3 is 2.19 bits per heavy atom. The summed E-state index contributed by atoms with van der Waals surface area (Å²) in [6.45, 7) is 2.73. The molecule has 0 saturated carbocycles. The smallest absolute Gasteiger partial charge is 0.203 e. The molecule has 2 aromatic carbocycles. The summed E-state index contributed by atoms with van der Waals surface area (Å²) in [6.07, 6.45) is 5.61. The van der Waals surface area contributed by atoms with Gasteiger partial charge in [0.15, 0.2) is 23.1 Å². The van der Waals surface area contributed by atoms with E-state index in [1.54, 1.807) is 28.4 Å². The molecule has 0 fully saturated rings. The first-order chi connectivity index (χ1) is 18.0. The summed E-state index contributed by atoms with van der Waals surface area (Å²) in [5, 5.41) is 8.21. The van der Waals surface area contributed by atoms with Crippen molar-refractivity contribution in [1.29, 1.82) is 0 Å². The summed E-state index contributed by atoms with van der Waals surface area (Å²) in [7, 11) is 8.37. The molecule has 0 aliphatic carbocycles. The first kappa shape index (κ1) is 25.8. The molecule has 0 unspecified atom stereocenters. The van der Waals surface area contributed by atoms with Gasteiger partial charge in [-0.25, -0.2) is 9.97 Å². The van der Waals surface area contributed by atoms with E-state index in [4.69, 9.17) is 34.0 Å². The number of fused-ring (bicyclic) bond motifs is 1. The van der Waals surface area contributed by atoms with Crippen LogP contribution in [-0.4, -0.2) is 48.2 Å². The molecular formula is C28H33N5O4. The van der Waals surface area contributed by atoms with E-state index in [9.17, 15) is 0 Å². The van der Waals surface area contributed by atoms with Gasteiger partial charge in [0, 0.05) is 13.6 Å². The minimum absolute atomic E-state index is 0.546. The fraction of sp³-hybridized carbons (Fsp3) is 0.321. The topological polar surface area (TPSA) is 92.6 Å². The molecule has 37 heavy (non-hydrogen) atoms. The van der Waals surface area contributed by atoms with Crippen molar-refractivity contribution >= 4 is 29.0 Å². The minimum Gasteiger partial charge on any atom is -0.497 e. The number of hydrogen-bond donors (Lipinski definition) is 1. The SMILES string of the molecule is CCCc1nn(C)c2c(NCc3ccc(OC)cc3)nc(C=Cc3cc(OC)c(OC)c(OC)c3)nc12. The van der Waals surface area contributed by atoms with Crippen molar-refractivity contribution in [1.82, 2.24) is 19.7 Å². The number of ether oxygens (including phenoxy) is 4. The lowest BCUT2D eigenvalue weighted by molar-refractivity contribution is 0.324. The molecule has 0 aliphatic rings. The van der Waals surface area contributed by atoms with Crippen LogP contribution < -0.4 is 24.3 Å². The summed E-state index contributed by atoms with van der Waals surface area (Å²) in [4.78, 5) is 9.70. The number of hydrogen-bond acceptors (Lipinski definition) is 8. The molecule has 0 saturated heterocycles. The third-order valence-electron chi connectivity index (χ3n) is 5.99. The van der Waals surface area contributed by atoms with Crippen LogP contribution in [0.4, 0.5) is 5.82 Å². The van der Waals surface area contributed by atoms with Gasteiger partial charge in [0.2, 0.25) is 5.75 Å². The van der Waals surface area contributed by atoms with Gasteiger partial charge in [-0.3, -0.25) is 4.68 Å². The number of benzene rings is 2. The molecular weight excluding hydrogens is 470 g/mol. The van der Waals surface area contributed by atoms with Gasteiger partial charge in [0.25, 0.3) is 0 Å². The van der Waals surface area contributed by atoms with Gasteiger partial charge in [0.05, 0.1) is 34.1 Å². The molecule has 9 nitrogen and oxygen atoms in total. The number of rotatable bonds is 11. The highest BCUT2D eigenvalue weighted by Gasteiger charge is 2.17. The molecule has 0 atom stereocenters. The van der Waals surface area contributed by atoms with Crippen LogP contribution in [0.2, 0.25) is 0 Å².